The Labute approximate surface area is 118 Å². The van der Waals surface area contributed by atoms with Gasteiger partial charge in [-0.25, -0.2) is 0 Å². The Morgan fingerprint density at radius 1 is 1.32 bits per heavy atom. The van der Waals surface area contributed by atoms with E-state index in [-0.39, 0.29) is 11.6 Å². The van der Waals surface area contributed by atoms with Gasteiger partial charge in [-0.05, 0) is 38.9 Å². The fourth-order valence-electron chi connectivity index (χ4n) is 2.91. The minimum Gasteiger partial charge on any atom is -0.321 e. The van der Waals surface area contributed by atoms with Crippen molar-refractivity contribution in [3.05, 3.63) is 18.0 Å². The van der Waals surface area contributed by atoms with E-state index in [4.69, 9.17) is 5.73 Å². The highest BCUT2D eigenvalue weighted by molar-refractivity contribution is 5.13. The van der Waals surface area contributed by atoms with Crippen molar-refractivity contribution in [2.24, 2.45) is 5.73 Å². The number of nitrogens with zero attached hydrogens (tertiary/aromatic N) is 3. The Bertz CT molecular complexity index is 370. The van der Waals surface area contributed by atoms with Crippen LogP contribution in [0.5, 0.6) is 0 Å². The second-order valence-corrected chi connectivity index (χ2v) is 5.34. The lowest BCUT2D eigenvalue weighted by molar-refractivity contribution is 0.0813. The molecule has 0 aromatic carbocycles. The second-order valence-electron chi connectivity index (χ2n) is 5.34. The quantitative estimate of drug-likeness (QED) is 0.787. The second kappa shape index (κ2) is 7.06. The Kier molecular flexibility index (Phi) is 6.01. The summed E-state index contributed by atoms with van der Waals surface area (Å²) in [7, 11) is 0. The molecule has 19 heavy (non-hydrogen) atoms. The van der Waals surface area contributed by atoms with Gasteiger partial charge in [0.15, 0.2) is 0 Å². The molecule has 1 rings (SSSR count). The molecular formula is C15H30N4. The van der Waals surface area contributed by atoms with E-state index in [0.29, 0.717) is 0 Å². The molecule has 0 spiro atoms. The van der Waals surface area contributed by atoms with E-state index in [9.17, 15) is 0 Å². The summed E-state index contributed by atoms with van der Waals surface area (Å²) in [4.78, 5) is 2.46. The molecule has 1 aromatic heterocycles. The number of nitrogens with two attached hydrogens (primary N) is 1. The third-order valence-electron chi connectivity index (χ3n) is 4.38. The van der Waals surface area contributed by atoms with Gasteiger partial charge in [0.2, 0.25) is 0 Å². The highest BCUT2D eigenvalue weighted by Crippen LogP contribution is 2.32. The summed E-state index contributed by atoms with van der Waals surface area (Å²) >= 11 is 0. The lowest BCUT2D eigenvalue weighted by Gasteiger charge is -2.44. The van der Waals surface area contributed by atoms with Crippen LogP contribution in [0.1, 0.15) is 59.2 Å². The Morgan fingerprint density at radius 2 is 1.95 bits per heavy atom. The zero-order chi connectivity index (χ0) is 14.5. The van der Waals surface area contributed by atoms with Gasteiger partial charge >= 0.3 is 0 Å². The van der Waals surface area contributed by atoms with Crippen LogP contribution in [-0.2, 0) is 6.54 Å². The number of aryl methyl sites for hydroxylation is 1. The van der Waals surface area contributed by atoms with Crippen LogP contribution in [0.2, 0.25) is 0 Å². The molecule has 2 atom stereocenters. The lowest BCUT2D eigenvalue weighted by atomic mass is 9.85. The van der Waals surface area contributed by atoms with Crippen molar-refractivity contribution in [2.45, 2.75) is 65.6 Å². The molecule has 0 saturated heterocycles. The molecule has 1 heterocycles. The van der Waals surface area contributed by atoms with Crippen LogP contribution in [0.25, 0.3) is 0 Å². The molecule has 0 amide bonds. The van der Waals surface area contributed by atoms with Gasteiger partial charge in [0.05, 0.1) is 11.7 Å². The summed E-state index contributed by atoms with van der Waals surface area (Å²) in [5.41, 5.74) is 7.74. The average molecular weight is 266 g/mol. The number of aromatic nitrogens is 2. The first-order valence-corrected chi connectivity index (χ1v) is 7.57. The van der Waals surface area contributed by atoms with E-state index in [2.05, 4.69) is 55.4 Å². The Morgan fingerprint density at radius 3 is 2.42 bits per heavy atom. The third kappa shape index (κ3) is 3.18. The summed E-state index contributed by atoms with van der Waals surface area (Å²) in [6, 6.07) is 2.06. The molecule has 4 heteroatoms. The molecule has 0 saturated carbocycles. The molecule has 2 N–H and O–H groups in total. The van der Waals surface area contributed by atoms with E-state index in [1.807, 2.05) is 6.20 Å². The Balaban J connectivity index is 3.06. The van der Waals surface area contributed by atoms with Crippen LogP contribution in [-0.4, -0.2) is 33.3 Å². The van der Waals surface area contributed by atoms with Crippen LogP contribution in [0, 0.1) is 0 Å². The molecule has 0 aliphatic heterocycles. The van der Waals surface area contributed by atoms with Gasteiger partial charge in [0.1, 0.15) is 0 Å². The summed E-state index contributed by atoms with van der Waals surface area (Å²) in [5.74, 6) is 0. The first kappa shape index (κ1) is 16.2. The topological polar surface area (TPSA) is 47.1 Å². The van der Waals surface area contributed by atoms with Gasteiger partial charge in [0, 0.05) is 18.3 Å². The van der Waals surface area contributed by atoms with Crippen LogP contribution >= 0.6 is 0 Å². The molecule has 0 radical (unpaired) electrons. The zero-order valence-electron chi connectivity index (χ0n) is 13.2. The minimum absolute atomic E-state index is 0.00792. The minimum atomic E-state index is -0.0188. The van der Waals surface area contributed by atoms with Gasteiger partial charge in [0.25, 0.3) is 0 Å². The van der Waals surface area contributed by atoms with E-state index in [1.54, 1.807) is 0 Å². The average Bonchev–Trinajstić information content (AvgIpc) is 2.87. The maximum atomic E-state index is 6.61. The van der Waals surface area contributed by atoms with Crippen LogP contribution in [0.4, 0.5) is 0 Å². The smallest absolute Gasteiger partial charge is 0.0651 e. The van der Waals surface area contributed by atoms with E-state index < -0.39 is 0 Å². The van der Waals surface area contributed by atoms with E-state index >= 15 is 0 Å². The number of likely N-dealkylation sites (N-methyl/N-ethyl adjacent to an activating group) is 1. The van der Waals surface area contributed by atoms with Gasteiger partial charge in [-0.3, -0.25) is 9.58 Å². The molecule has 0 aliphatic rings. The maximum Gasteiger partial charge on any atom is 0.0651 e. The van der Waals surface area contributed by atoms with Crippen molar-refractivity contribution in [3.63, 3.8) is 0 Å². The van der Waals surface area contributed by atoms with Crippen LogP contribution in [0.3, 0.4) is 0 Å². The fraction of sp³-hybridized carbons (Fsp3) is 0.800. The summed E-state index contributed by atoms with van der Waals surface area (Å²) < 4.78 is 2.06. The summed E-state index contributed by atoms with van der Waals surface area (Å²) in [5, 5.41) is 4.40. The summed E-state index contributed by atoms with van der Waals surface area (Å²) in [6.45, 7) is 14.1. The standard InChI is InChI=1S/C15H30N4/c1-6-12-19-13(10-11-17-19)14(16)15(5,7-2)18(8-3)9-4/h10-11,14H,6-9,12,16H2,1-5H3. The zero-order valence-corrected chi connectivity index (χ0v) is 13.2. The Hall–Kier alpha value is -0.870. The first-order chi connectivity index (χ1) is 9.04. The van der Waals surface area contributed by atoms with Crippen molar-refractivity contribution in [2.75, 3.05) is 13.1 Å². The highest BCUT2D eigenvalue weighted by atomic mass is 15.3. The van der Waals surface area contributed by atoms with Crippen molar-refractivity contribution in [1.29, 1.82) is 0 Å². The van der Waals surface area contributed by atoms with Gasteiger partial charge in [-0.2, -0.15) is 5.10 Å². The first-order valence-electron chi connectivity index (χ1n) is 7.57. The number of rotatable bonds is 8. The number of hydrogen-bond donors (Lipinski definition) is 1. The molecule has 0 aliphatic carbocycles. The fourth-order valence-corrected chi connectivity index (χ4v) is 2.91. The van der Waals surface area contributed by atoms with E-state index in [0.717, 1.165) is 38.2 Å². The third-order valence-corrected chi connectivity index (χ3v) is 4.38. The largest absolute Gasteiger partial charge is 0.321 e. The predicted octanol–water partition coefficient (Wildman–Crippen LogP) is 2.80. The lowest BCUT2D eigenvalue weighted by Crippen LogP contribution is -2.53. The SMILES string of the molecule is CCCn1nccc1C(N)C(C)(CC)N(CC)CC. The molecule has 1 aromatic rings. The van der Waals surface area contributed by atoms with E-state index in [1.165, 1.54) is 0 Å². The van der Waals surface area contributed by atoms with Gasteiger partial charge in [-0.1, -0.05) is 27.7 Å². The number of hydrogen-bond acceptors (Lipinski definition) is 3. The molecule has 4 nitrogen and oxygen atoms in total. The van der Waals surface area contributed by atoms with Gasteiger partial charge < -0.3 is 5.73 Å². The summed E-state index contributed by atoms with van der Waals surface area (Å²) in [6.07, 6.45) is 3.98. The monoisotopic (exact) mass is 266 g/mol. The molecule has 0 fully saturated rings. The molecule has 110 valence electrons. The van der Waals surface area contributed by atoms with Crippen LogP contribution in [0.15, 0.2) is 12.3 Å². The highest BCUT2D eigenvalue weighted by Gasteiger charge is 2.37. The maximum absolute atomic E-state index is 6.61. The predicted molar refractivity (Wildman–Crippen MR) is 81.1 cm³/mol. The molecule has 2 unspecified atom stereocenters. The normalized spacial score (nSPS) is 16.6. The molecule has 0 bridgehead atoms. The molecular weight excluding hydrogens is 236 g/mol. The van der Waals surface area contributed by atoms with Crippen molar-refractivity contribution in [3.8, 4) is 0 Å². The van der Waals surface area contributed by atoms with Crippen LogP contribution < -0.4 is 5.73 Å². The van der Waals surface area contributed by atoms with Gasteiger partial charge in [-0.15, -0.1) is 0 Å². The van der Waals surface area contributed by atoms with Crippen molar-refractivity contribution < 1.29 is 0 Å². The van der Waals surface area contributed by atoms with Crippen molar-refractivity contribution in [1.82, 2.24) is 14.7 Å². The van der Waals surface area contributed by atoms with Crippen molar-refractivity contribution >= 4 is 0 Å².